The van der Waals surface area contributed by atoms with Gasteiger partial charge in [0.05, 0.1) is 25.8 Å². The van der Waals surface area contributed by atoms with Crippen LogP contribution in [0.5, 0.6) is 11.5 Å². The molecule has 1 unspecified atom stereocenters. The number of aliphatic hydroxyl groups excluding tert-OH is 1. The van der Waals surface area contributed by atoms with E-state index in [1.165, 1.54) is 43.4 Å². The summed E-state index contributed by atoms with van der Waals surface area (Å²) < 4.78 is 24.1. The Morgan fingerprint density at radius 1 is 0.906 bits per heavy atom. The van der Waals surface area contributed by atoms with Crippen LogP contribution < -0.4 is 14.4 Å². The number of aliphatic hydroxyl groups is 1. The number of anilines is 1. The van der Waals surface area contributed by atoms with Crippen LogP contribution in [0.25, 0.3) is 5.76 Å². The maximum Gasteiger partial charge on any atom is 0.300 e. The third-order valence-corrected chi connectivity index (χ3v) is 5.30. The van der Waals surface area contributed by atoms with Gasteiger partial charge in [0.15, 0.2) is 0 Å². The highest BCUT2D eigenvalue weighted by Crippen LogP contribution is 2.43. The molecule has 0 bridgehead atoms. The lowest BCUT2D eigenvalue weighted by Crippen LogP contribution is -2.29. The molecular weight excluding hydrogens is 413 g/mol. The average Bonchev–Trinajstić information content (AvgIpc) is 3.09. The van der Waals surface area contributed by atoms with Crippen molar-refractivity contribution in [3.05, 3.63) is 95.3 Å². The van der Waals surface area contributed by atoms with Crippen LogP contribution in [0.3, 0.4) is 0 Å². The van der Waals surface area contributed by atoms with Gasteiger partial charge in [0.1, 0.15) is 23.1 Å². The highest BCUT2D eigenvalue weighted by molar-refractivity contribution is 6.51. The molecule has 4 rings (SSSR count). The Bertz CT molecular complexity index is 1220. The fourth-order valence-electron chi connectivity index (χ4n) is 3.75. The van der Waals surface area contributed by atoms with Crippen LogP contribution in [0, 0.1) is 5.82 Å². The molecule has 32 heavy (non-hydrogen) atoms. The monoisotopic (exact) mass is 433 g/mol. The van der Waals surface area contributed by atoms with Crippen LogP contribution >= 0.6 is 0 Å². The largest absolute Gasteiger partial charge is 0.507 e. The van der Waals surface area contributed by atoms with Crippen molar-refractivity contribution >= 4 is 23.1 Å². The summed E-state index contributed by atoms with van der Waals surface area (Å²) in [5, 5.41) is 11.1. The number of hydrogen-bond donors (Lipinski definition) is 1. The molecule has 3 aromatic rings. The molecule has 1 fully saturated rings. The number of Topliss-reactive ketones (excluding diaryl/α,β-unsaturated/α-hetero) is 1. The molecule has 1 atom stereocenters. The second-order valence-corrected chi connectivity index (χ2v) is 7.15. The number of methoxy groups -OCH3 is 2. The molecule has 1 N–H and O–H groups in total. The van der Waals surface area contributed by atoms with Crippen molar-refractivity contribution in [1.29, 1.82) is 0 Å². The van der Waals surface area contributed by atoms with Gasteiger partial charge in [0.2, 0.25) is 0 Å². The molecule has 1 saturated heterocycles. The van der Waals surface area contributed by atoms with Crippen molar-refractivity contribution < 1.29 is 28.6 Å². The molecule has 0 aromatic heterocycles. The van der Waals surface area contributed by atoms with Gasteiger partial charge in [0.25, 0.3) is 11.7 Å². The first-order valence-electron chi connectivity index (χ1n) is 9.79. The summed E-state index contributed by atoms with van der Waals surface area (Å²) in [5.41, 5.74) is 1.10. The number of nitrogens with zero attached hydrogens (tertiary/aromatic N) is 1. The lowest BCUT2D eigenvalue weighted by Gasteiger charge is -2.25. The normalized spacial score (nSPS) is 17.5. The zero-order chi connectivity index (χ0) is 22.8. The van der Waals surface area contributed by atoms with Crippen LogP contribution in [-0.2, 0) is 9.59 Å². The SMILES string of the molecule is COc1cccc(/C(O)=C2\C(=O)C(=O)N(c3cccc(OC)c3)C2c2ccc(F)cc2)c1. The van der Waals surface area contributed by atoms with E-state index in [1.807, 2.05) is 0 Å². The lowest BCUT2D eigenvalue weighted by molar-refractivity contribution is -0.132. The van der Waals surface area contributed by atoms with Crippen molar-refractivity contribution in [2.75, 3.05) is 19.1 Å². The molecule has 162 valence electrons. The van der Waals surface area contributed by atoms with E-state index in [4.69, 9.17) is 9.47 Å². The minimum atomic E-state index is -0.964. The summed E-state index contributed by atoms with van der Waals surface area (Å²) >= 11 is 0. The van der Waals surface area contributed by atoms with Crippen molar-refractivity contribution in [3.8, 4) is 11.5 Å². The molecule has 7 heteroatoms. The predicted octanol–water partition coefficient (Wildman–Crippen LogP) is 4.47. The number of ketones is 1. The minimum Gasteiger partial charge on any atom is -0.507 e. The molecular formula is C25H20FNO5. The first kappa shape index (κ1) is 21.1. The van der Waals surface area contributed by atoms with Gasteiger partial charge in [-0.05, 0) is 42.0 Å². The van der Waals surface area contributed by atoms with Crippen LogP contribution in [0.1, 0.15) is 17.2 Å². The van der Waals surface area contributed by atoms with Crippen molar-refractivity contribution in [2.24, 2.45) is 0 Å². The number of carbonyl (C=O) groups is 2. The molecule has 0 aliphatic carbocycles. The van der Waals surface area contributed by atoms with E-state index < -0.39 is 23.5 Å². The fraction of sp³-hybridized carbons (Fsp3) is 0.120. The summed E-state index contributed by atoms with van der Waals surface area (Å²) in [6.45, 7) is 0. The van der Waals surface area contributed by atoms with Gasteiger partial charge < -0.3 is 14.6 Å². The predicted molar refractivity (Wildman–Crippen MR) is 117 cm³/mol. The van der Waals surface area contributed by atoms with Crippen molar-refractivity contribution in [3.63, 3.8) is 0 Å². The summed E-state index contributed by atoms with van der Waals surface area (Å²) in [6.07, 6.45) is 0. The molecule has 1 amide bonds. The molecule has 0 spiro atoms. The Morgan fingerprint density at radius 3 is 2.19 bits per heavy atom. The molecule has 3 aromatic carbocycles. The highest BCUT2D eigenvalue weighted by Gasteiger charge is 2.47. The van der Waals surface area contributed by atoms with Gasteiger partial charge in [-0.25, -0.2) is 4.39 Å². The second kappa shape index (κ2) is 8.55. The van der Waals surface area contributed by atoms with Crippen LogP contribution in [-0.4, -0.2) is 31.0 Å². The number of carbonyl (C=O) groups excluding carboxylic acids is 2. The Labute approximate surface area is 184 Å². The van der Waals surface area contributed by atoms with Gasteiger partial charge in [0, 0.05) is 17.3 Å². The third-order valence-electron chi connectivity index (χ3n) is 5.30. The van der Waals surface area contributed by atoms with E-state index in [0.717, 1.165) is 0 Å². The zero-order valence-electron chi connectivity index (χ0n) is 17.4. The number of rotatable bonds is 5. The minimum absolute atomic E-state index is 0.0994. The summed E-state index contributed by atoms with van der Waals surface area (Å²) in [5.74, 6) is -1.48. The highest BCUT2D eigenvalue weighted by atomic mass is 19.1. The quantitative estimate of drug-likeness (QED) is 0.365. The summed E-state index contributed by atoms with van der Waals surface area (Å²) in [6, 6.07) is 17.7. The summed E-state index contributed by atoms with van der Waals surface area (Å²) in [4.78, 5) is 27.5. The van der Waals surface area contributed by atoms with Gasteiger partial charge >= 0.3 is 0 Å². The first-order valence-corrected chi connectivity index (χ1v) is 9.79. The molecule has 1 aliphatic rings. The van der Waals surface area contributed by atoms with Crippen molar-refractivity contribution in [1.82, 2.24) is 0 Å². The number of hydrogen-bond acceptors (Lipinski definition) is 5. The molecule has 1 heterocycles. The van der Waals surface area contributed by atoms with E-state index in [9.17, 15) is 19.1 Å². The molecule has 0 radical (unpaired) electrons. The lowest BCUT2D eigenvalue weighted by atomic mass is 9.95. The van der Waals surface area contributed by atoms with Crippen LogP contribution in [0.15, 0.2) is 78.4 Å². The molecule has 1 aliphatic heterocycles. The number of benzene rings is 3. The van der Waals surface area contributed by atoms with E-state index >= 15 is 0 Å². The Morgan fingerprint density at radius 2 is 1.53 bits per heavy atom. The number of halogens is 1. The van der Waals surface area contributed by atoms with E-state index in [2.05, 4.69) is 0 Å². The molecule has 0 saturated carbocycles. The van der Waals surface area contributed by atoms with Gasteiger partial charge in [-0.3, -0.25) is 14.5 Å². The maximum absolute atomic E-state index is 13.6. The maximum atomic E-state index is 13.6. The van der Waals surface area contributed by atoms with Gasteiger partial charge in [-0.2, -0.15) is 0 Å². The van der Waals surface area contributed by atoms with E-state index in [1.54, 1.807) is 48.5 Å². The van der Waals surface area contributed by atoms with Crippen LogP contribution in [0.4, 0.5) is 10.1 Å². The Hall–Kier alpha value is -4.13. The van der Waals surface area contributed by atoms with Gasteiger partial charge in [-0.1, -0.05) is 30.3 Å². The zero-order valence-corrected chi connectivity index (χ0v) is 17.4. The number of ether oxygens (including phenoxy) is 2. The topological polar surface area (TPSA) is 76.1 Å². The van der Waals surface area contributed by atoms with Crippen molar-refractivity contribution in [2.45, 2.75) is 6.04 Å². The first-order chi connectivity index (χ1) is 15.4. The molecule has 6 nitrogen and oxygen atoms in total. The average molecular weight is 433 g/mol. The standard InChI is InChI=1S/C25H20FNO5/c1-31-19-7-3-5-16(13-19)23(28)21-22(15-9-11-17(26)12-10-15)27(25(30)24(21)29)18-6-4-8-20(14-18)32-2/h3-14,22,28H,1-2H3/b23-21+. The third kappa shape index (κ3) is 3.69. The van der Waals surface area contributed by atoms with Gasteiger partial charge in [-0.15, -0.1) is 0 Å². The van der Waals surface area contributed by atoms with Crippen LogP contribution in [0.2, 0.25) is 0 Å². The second-order valence-electron chi connectivity index (χ2n) is 7.15. The number of amides is 1. The Kier molecular flexibility index (Phi) is 5.64. The fourth-order valence-corrected chi connectivity index (χ4v) is 3.75. The van der Waals surface area contributed by atoms with E-state index in [0.29, 0.717) is 28.3 Å². The Balaban J connectivity index is 1.94. The smallest absolute Gasteiger partial charge is 0.300 e. The van der Waals surface area contributed by atoms with E-state index in [-0.39, 0.29) is 11.3 Å². The summed E-state index contributed by atoms with van der Waals surface area (Å²) in [7, 11) is 2.98.